The van der Waals surface area contributed by atoms with Crippen molar-refractivity contribution in [2.45, 2.75) is 17.2 Å². The highest BCUT2D eigenvalue weighted by Gasteiger charge is 2.22. The Morgan fingerprint density at radius 3 is 2.43 bits per heavy atom. The van der Waals surface area contributed by atoms with Crippen molar-refractivity contribution in [2.24, 2.45) is 5.73 Å². The molecule has 2 aromatic carbocycles. The van der Waals surface area contributed by atoms with Gasteiger partial charge >= 0.3 is 0 Å². The number of hydrogen-bond acceptors (Lipinski definition) is 3. The smallest absolute Gasteiger partial charge is 0.185 e. The second kappa shape index (κ2) is 6.09. The van der Waals surface area contributed by atoms with Crippen LogP contribution in [0, 0.1) is 11.6 Å². The van der Waals surface area contributed by atoms with E-state index < -0.39 is 32.1 Å². The molecule has 0 radical (unpaired) electrons. The molecule has 0 amide bonds. The molecule has 0 fully saturated rings. The fourth-order valence-corrected chi connectivity index (χ4v) is 3.66. The van der Waals surface area contributed by atoms with Gasteiger partial charge in [-0.15, -0.1) is 0 Å². The van der Waals surface area contributed by atoms with Gasteiger partial charge in [0.25, 0.3) is 0 Å². The van der Waals surface area contributed by atoms with Crippen molar-refractivity contribution in [3.05, 3.63) is 64.2 Å². The van der Waals surface area contributed by atoms with Crippen LogP contribution >= 0.6 is 11.6 Å². The van der Waals surface area contributed by atoms with Crippen molar-refractivity contribution >= 4 is 21.4 Å². The topological polar surface area (TPSA) is 60.2 Å². The first kappa shape index (κ1) is 15.9. The van der Waals surface area contributed by atoms with Gasteiger partial charge in [-0.3, -0.25) is 0 Å². The molecule has 0 unspecified atom stereocenters. The fourth-order valence-electron chi connectivity index (χ4n) is 1.83. The van der Waals surface area contributed by atoms with Crippen molar-refractivity contribution < 1.29 is 17.2 Å². The number of sulfone groups is 1. The maximum absolute atomic E-state index is 13.6. The molecule has 0 atom stereocenters. The largest absolute Gasteiger partial charge is 0.326 e. The monoisotopic (exact) mass is 331 g/mol. The zero-order valence-corrected chi connectivity index (χ0v) is 12.4. The van der Waals surface area contributed by atoms with Crippen molar-refractivity contribution in [1.29, 1.82) is 0 Å². The average molecular weight is 332 g/mol. The van der Waals surface area contributed by atoms with Crippen LogP contribution < -0.4 is 5.73 Å². The Hall–Kier alpha value is -1.50. The molecule has 0 aliphatic carbocycles. The summed E-state index contributed by atoms with van der Waals surface area (Å²) in [7, 11) is -4.04. The molecule has 0 aromatic heterocycles. The Bertz CT molecular complexity index is 779. The van der Waals surface area contributed by atoms with Gasteiger partial charge in [-0.2, -0.15) is 0 Å². The Labute approximate surface area is 126 Å². The molecule has 2 aromatic rings. The van der Waals surface area contributed by atoms with Gasteiger partial charge in [-0.25, -0.2) is 17.2 Å². The molecule has 0 aliphatic rings. The third-order valence-electron chi connectivity index (χ3n) is 2.93. The maximum Gasteiger partial charge on any atom is 0.185 e. The van der Waals surface area contributed by atoms with E-state index in [4.69, 9.17) is 17.3 Å². The highest BCUT2D eigenvalue weighted by Crippen LogP contribution is 2.25. The van der Waals surface area contributed by atoms with Gasteiger partial charge in [0.05, 0.1) is 5.75 Å². The van der Waals surface area contributed by atoms with Gasteiger partial charge in [0.15, 0.2) is 9.84 Å². The lowest BCUT2D eigenvalue weighted by atomic mass is 10.1. The van der Waals surface area contributed by atoms with Crippen LogP contribution in [0.15, 0.2) is 41.3 Å². The van der Waals surface area contributed by atoms with Crippen LogP contribution in [0.5, 0.6) is 0 Å². The summed E-state index contributed by atoms with van der Waals surface area (Å²) in [5.74, 6) is -2.33. The second-order valence-corrected chi connectivity index (χ2v) is 6.83. The molecule has 0 aliphatic heterocycles. The third-order valence-corrected chi connectivity index (χ3v) is 4.95. The molecule has 0 spiro atoms. The van der Waals surface area contributed by atoms with Crippen LogP contribution in [-0.4, -0.2) is 8.42 Å². The first-order chi connectivity index (χ1) is 9.83. The van der Waals surface area contributed by atoms with Crippen LogP contribution in [0.2, 0.25) is 5.02 Å². The molecule has 3 nitrogen and oxygen atoms in total. The first-order valence-corrected chi connectivity index (χ1v) is 8.01. The number of hydrogen-bond donors (Lipinski definition) is 1. The Morgan fingerprint density at radius 1 is 1.10 bits per heavy atom. The van der Waals surface area contributed by atoms with Crippen LogP contribution in [0.1, 0.15) is 11.1 Å². The SMILES string of the molecule is NCc1ccc(CS(=O)(=O)c2cc(F)ccc2F)c(Cl)c1. The van der Waals surface area contributed by atoms with Crippen molar-refractivity contribution in [3.63, 3.8) is 0 Å². The standard InChI is InChI=1S/C14H12ClF2NO2S/c15-12-5-9(7-18)1-2-10(12)8-21(19,20)14-6-11(16)3-4-13(14)17/h1-6H,7-8,18H2. The summed E-state index contributed by atoms with van der Waals surface area (Å²) in [5.41, 5.74) is 6.51. The average Bonchev–Trinajstić information content (AvgIpc) is 2.43. The molecule has 112 valence electrons. The lowest BCUT2D eigenvalue weighted by Gasteiger charge is -2.09. The molecule has 7 heteroatoms. The van der Waals surface area contributed by atoms with Gasteiger partial charge in [0.1, 0.15) is 16.5 Å². The zero-order valence-electron chi connectivity index (χ0n) is 10.8. The van der Waals surface area contributed by atoms with E-state index in [2.05, 4.69) is 0 Å². The van der Waals surface area contributed by atoms with Crippen molar-refractivity contribution in [2.75, 3.05) is 0 Å². The molecule has 0 saturated heterocycles. The summed E-state index contributed by atoms with van der Waals surface area (Å²) >= 11 is 5.98. The zero-order chi connectivity index (χ0) is 15.6. The molecular weight excluding hydrogens is 320 g/mol. The molecular formula is C14H12ClF2NO2S. The molecule has 21 heavy (non-hydrogen) atoms. The lowest BCUT2D eigenvalue weighted by Crippen LogP contribution is -2.08. The van der Waals surface area contributed by atoms with Crippen molar-refractivity contribution in [3.8, 4) is 0 Å². The first-order valence-electron chi connectivity index (χ1n) is 5.98. The van der Waals surface area contributed by atoms with Gasteiger partial charge < -0.3 is 5.73 Å². The Morgan fingerprint density at radius 2 is 1.81 bits per heavy atom. The van der Waals surface area contributed by atoms with E-state index in [9.17, 15) is 17.2 Å². The van der Waals surface area contributed by atoms with Gasteiger partial charge in [0.2, 0.25) is 0 Å². The minimum absolute atomic E-state index is 0.221. The van der Waals surface area contributed by atoms with Gasteiger partial charge in [-0.05, 0) is 35.4 Å². The Balaban J connectivity index is 2.40. The summed E-state index contributed by atoms with van der Waals surface area (Å²) in [6.07, 6.45) is 0. The minimum Gasteiger partial charge on any atom is -0.326 e. The normalized spacial score (nSPS) is 11.6. The van der Waals surface area contributed by atoms with Crippen LogP contribution in [0.3, 0.4) is 0 Å². The summed E-state index contributed by atoms with van der Waals surface area (Å²) < 4.78 is 51.1. The van der Waals surface area contributed by atoms with E-state index >= 15 is 0 Å². The number of benzene rings is 2. The maximum atomic E-state index is 13.6. The number of halogens is 3. The third kappa shape index (κ3) is 3.58. The summed E-state index contributed by atoms with van der Waals surface area (Å²) in [6, 6.07) is 7.00. The molecule has 2 rings (SSSR count). The van der Waals surface area contributed by atoms with E-state index in [0.29, 0.717) is 11.6 Å². The highest BCUT2D eigenvalue weighted by atomic mass is 35.5. The van der Waals surface area contributed by atoms with Gasteiger partial charge in [0, 0.05) is 11.6 Å². The lowest BCUT2D eigenvalue weighted by molar-refractivity contribution is 0.553. The van der Waals surface area contributed by atoms with E-state index in [1.54, 1.807) is 12.1 Å². The molecule has 0 heterocycles. The van der Waals surface area contributed by atoms with E-state index in [1.165, 1.54) is 6.07 Å². The Kier molecular flexibility index (Phi) is 4.61. The summed E-state index contributed by atoms with van der Waals surface area (Å²) in [6.45, 7) is 0.269. The molecule has 2 N–H and O–H groups in total. The van der Waals surface area contributed by atoms with Crippen LogP contribution in [0.4, 0.5) is 8.78 Å². The number of rotatable bonds is 4. The molecule has 0 bridgehead atoms. The summed E-state index contributed by atoms with van der Waals surface area (Å²) in [4.78, 5) is -0.679. The van der Waals surface area contributed by atoms with E-state index in [0.717, 1.165) is 17.7 Å². The minimum atomic E-state index is -4.04. The quantitative estimate of drug-likeness (QED) is 0.936. The predicted molar refractivity (Wildman–Crippen MR) is 76.6 cm³/mol. The highest BCUT2D eigenvalue weighted by molar-refractivity contribution is 7.90. The second-order valence-electron chi connectivity index (χ2n) is 4.46. The number of nitrogens with two attached hydrogens (primary N) is 1. The fraction of sp³-hybridized carbons (Fsp3) is 0.143. The predicted octanol–water partition coefficient (Wildman–Crippen LogP) is 3.05. The van der Waals surface area contributed by atoms with E-state index in [1.807, 2.05) is 0 Å². The van der Waals surface area contributed by atoms with Gasteiger partial charge in [-0.1, -0.05) is 23.7 Å². The van der Waals surface area contributed by atoms with Crippen LogP contribution in [-0.2, 0) is 22.1 Å². The van der Waals surface area contributed by atoms with Crippen LogP contribution in [0.25, 0.3) is 0 Å². The van der Waals surface area contributed by atoms with E-state index in [-0.39, 0.29) is 11.6 Å². The molecule has 0 saturated carbocycles. The van der Waals surface area contributed by atoms with Crippen molar-refractivity contribution in [1.82, 2.24) is 0 Å². The summed E-state index contributed by atoms with van der Waals surface area (Å²) in [5, 5.41) is 0.221.